The summed E-state index contributed by atoms with van der Waals surface area (Å²) in [5.41, 5.74) is 2.30. The molecule has 2 heterocycles. The topological polar surface area (TPSA) is 54.5 Å². The van der Waals surface area contributed by atoms with E-state index in [-0.39, 0.29) is 11.9 Å². The minimum atomic E-state index is 0.107. The Labute approximate surface area is 132 Å². The van der Waals surface area contributed by atoms with E-state index < -0.39 is 0 Å². The number of anilines is 2. The molecule has 1 amide bonds. The number of methoxy groups -OCH3 is 1. The highest BCUT2D eigenvalue weighted by Gasteiger charge is 2.36. The number of aromatic nitrogens is 1. The molecule has 22 heavy (non-hydrogen) atoms. The molecule has 1 aromatic heterocycles. The van der Waals surface area contributed by atoms with Crippen molar-refractivity contribution in [3.05, 3.63) is 6.07 Å². The Morgan fingerprint density at radius 1 is 1.41 bits per heavy atom. The first-order chi connectivity index (χ1) is 10.4. The zero-order chi connectivity index (χ0) is 15.9. The monoisotopic (exact) mass is 301 g/mol. The molecule has 118 valence electrons. The second kappa shape index (κ2) is 5.49. The second-order valence-corrected chi connectivity index (χ2v) is 7.20. The molecule has 0 spiro atoms. The predicted octanol–water partition coefficient (Wildman–Crippen LogP) is 1.08. The van der Waals surface area contributed by atoms with Gasteiger partial charge in [-0.25, -0.2) is 0 Å². The second-order valence-electron chi connectivity index (χ2n) is 7.20. The number of hydrogen-bond acceptors (Lipinski definition) is 4. The summed E-state index contributed by atoms with van der Waals surface area (Å²) in [6, 6.07) is 2.27. The highest BCUT2D eigenvalue weighted by molar-refractivity contribution is 6.34. The van der Waals surface area contributed by atoms with Crippen molar-refractivity contribution >= 4 is 30.7 Å². The third-order valence-electron chi connectivity index (χ3n) is 4.94. The van der Waals surface area contributed by atoms with Crippen molar-refractivity contribution in [3.8, 4) is 5.88 Å². The van der Waals surface area contributed by atoms with Gasteiger partial charge in [0.15, 0.2) is 5.82 Å². The molecule has 0 bridgehead atoms. The molecular weight excluding hydrogens is 277 g/mol. The lowest BCUT2D eigenvalue weighted by Gasteiger charge is -2.41. The number of nitrogens with one attached hydrogen (secondary N) is 1. The van der Waals surface area contributed by atoms with Gasteiger partial charge in [0.05, 0.1) is 19.3 Å². The number of ether oxygens (including phenoxy) is 1. The standard InChI is InChI=1S/C16H24BN3O2/c1-16(2)6-4-10(5-7-16)20-13(21)9-18-12-8-11(17)15(22-3)19-14(12)20/h8,10,18H,4-7,9,17H2,1-3H3. The van der Waals surface area contributed by atoms with E-state index in [1.54, 1.807) is 7.11 Å². The van der Waals surface area contributed by atoms with Crippen LogP contribution in [0.4, 0.5) is 11.5 Å². The Bertz CT molecular complexity index is 593. The van der Waals surface area contributed by atoms with Gasteiger partial charge in [-0.1, -0.05) is 13.8 Å². The average molecular weight is 301 g/mol. The van der Waals surface area contributed by atoms with Crippen LogP contribution in [-0.2, 0) is 4.79 Å². The lowest BCUT2D eigenvalue weighted by atomic mass is 9.75. The molecule has 1 saturated carbocycles. The first kappa shape index (κ1) is 15.2. The number of fused-ring (bicyclic) bond motifs is 1. The van der Waals surface area contributed by atoms with Gasteiger partial charge in [0.25, 0.3) is 0 Å². The maximum Gasteiger partial charge on any atom is 0.247 e. The maximum absolute atomic E-state index is 12.5. The van der Waals surface area contributed by atoms with Crippen molar-refractivity contribution in [2.75, 3.05) is 23.9 Å². The number of carbonyl (C=O) groups excluding carboxylic acids is 1. The summed E-state index contributed by atoms with van der Waals surface area (Å²) in [4.78, 5) is 19.0. The van der Waals surface area contributed by atoms with E-state index in [1.807, 2.05) is 18.8 Å². The highest BCUT2D eigenvalue weighted by Crippen LogP contribution is 2.40. The summed E-state index contributed by atoms with van der Waals surface area (Å²) in [5, 5.41) is 3.18. The maximum atomic E-state index is 12.5. The first-order valence-corrected chi connectivity index (χ1v) is 8.03. The molecule has 1 aromatic rings. The number of nitrogens with zero attached hydrogens (tertiary/aromatic N) is 2. The minimum Gasteiger partial charge on any atom is -0.481 e. The van der Waals surface area contributed by atoms with Gasteiger partial charge in [0, 0.05) is 6.04 Å². The quantitative estimate of drug-likeness (QED) is 0.831. The van der Waals surface area contributed by atoms with Crippen LogP contribution in [0, 0.1) is 5.41 Å². The van der Waals surface area contributed by atoms with Gasteiger partial charge in [-0.3, -0.25) is 9.69 Å². The SMILES string of the molecule is Bc1cc2c(nc1OC)N(C1CCC(C)(C)CC1)C(=O)CN2. The number of pyridine rings is 1. The Kier molecular flexibility index (Phi) is 3.79. The average Bonchev–Trinajstić information content (AvgIpc) is 2.48. The van der Waals surface area contributed by atoms with Gasteiger partial charge < -0.3 is 10.1 Å². The zero-order valence-electron chi connectivity index (χ0n) is 13.9. The van der Waals surface area contributed by atoms with Crippen LogP contribution >= 0.6 is 0 Å². The third kappa shape index (κ3) is 2.66. The van der Waals surface area contributed by atoms with Gasteiger partial charge in [-0.05, 0) is 42.6 Å². The molecule has 2 aliphatic rings. The minimum absolute atomic E-state index is 0.107. The predicted molar refractivity (Wildman–Crippen MR) is 91.0 cm³/mol. The summed E-state index contributed by atoms with van der Waals surface area (Å²) in [6.45, 7) is 4.96. The van der Waals surface area contributed by atoms with Crippen molar-refractivity contribution in [1.82, 2.24) is 4.98 Å². The molecule has 0 aromatic carbocycles. The summed E-state index contributed by atoms with van der Waals surface area (Å²) in [5.74, 6) is 1.43. The molecule has 0 saturated heterocycles. The van der Waals surface area contributed by atoms with Crippen molar-refractivity contribution < 1.29 is 9.53 Å². The Hall–Kier alpha value is -1.72. The third-order valence-corrected chi connectivity index (χ3v) is 4.94. The molecular formula is C16H24BN3O2. The molecule has 3 rings (SSSR count). The van der Waals surface area contributed by atoms with Gasteiger partial charge in [0.1, 0.15) is 7.85 Å². The van der Waals surface area contributed by atoms with Gasteiger partial charge in [-0.15, -0.1) is 0 Å². The van der Waals surface area contributed by atoms with Crippen LogP contribution in [0.2, 0.25) is 0 Å². The zero-order valence-corrected chi connectivity index (χ0v) is 13.9. The first-order valence-electron chi connectivity index (χ1n) is 8.03. The fourth-order valence-electron chi connectivity index (χ4n) is 3.50. The van der Waals surface area contributed by atoms with E-state index >= 15 is 0 Å². The van der Waals surface area contributed by atoms with Crippen molar-refractivity contribution in [1.29, 1.82) is 0 Å². The molecule has 6 heteroatoms. The van der Waals surface area contributed by atoms with Crippen LogP contribution < -0.4 is 20.4 Å². The van der Waals surface area contributed by atoms with Crippen molar-refractivity contribution in [3.63, 3.8) is 0 Å². The van der Waals surface area contributed by atoms with Crippen LogP contribution in [0.1, 0.15) is 39.5 Å². The summed E-state index contributed by atoms with van der Waals surface area (Å²) < 4.78 is 5.34. The molecule has 5 nitrogen and oxygen atoms in total. The van der Waals surface area contributed by atoms with Crippen LogP contribution in [0.25, 0.3) is 0 Å². The largest absolute Gasteiger partial charge is 0.481 e. The van der Waals surface area contributed by atoms with Crippen LogP contribution in [0.15, 0.2) is 6.07 Å². The van der Waals surface area contributed by atoms with Crippen molar-refractivity contribution in [2.45, 2.75) is 45.6 Å². The smallest absolute Gasteiger partial charge is 0.247 e. The summed E-state index contributed by atoms with van der Waals surface area (Å²) in [6.07, 6.45) is 4.37. The van der Waals surface area contributed by atoms with E-state index in [2.05, 4.69) is 24.1 Å². The fourth-order valence-corrected chi connectivity index (χ4v) is 3.50. The van der Waals surface area contributed by atoms with Gasteiger partial charge >= 0.3 is 0 Å². The van der Waals surface area contributed by atoms with E-state index in [1.165, 1.54) is 0 Å². The number of rotatable bonds is 2. The van der Waals surface area contributed by atoms with Crippen LogP contribution in [0.5, 0.6) is 5.88 Å². The normalized spacial score (nSPS) is 21.2. The summed E-state index contributed by atoms with van der Waals surface area (Å²) >= 11 is 0. The summed E-state index contributed by atoms with van der Waals surface area (Å²) in [7, 11) is 3.59. The van der Waals surface area contributed by atoms with E-state index in [4.69, 9.17) is 4.74 Å². The molecule has 0 radical (unpaired) electrons. The van der Waals surface area contributed by atoms with Crippen LogP contribution in [-0.4, -0.2) is 38.4 Å². The Morgan fingerprint density at radius 2 is 2.09 bits per heavy atom. The lowest BCUT2D eigenvalue weighted by molar-refractivity contribution is -0.117. The van der Waals surface area contributed by atoms with Crippen LogP contribution in [0.3, 0.4) is 0 Å². The Balaban J connectivity index is 1.94. The van der Waals surface area contributed by atoms with E-state index in [0.717, 1.165) is 42.7 Å². The molecule has 1 aliphatic heterocycles. The van der Waals surface area contributed by atoms with Crippen molar-refractivity contribution in [2.24, 2.45) is 5.41 Å². The molecule has 1 aliphatic carbocycles. The number of carbonyl (C=O) groups is 1. The molecule has 0 atom stereocenters. The van der Waals surface area contributed by atoms with Gasteiger partial charge in [0.2, 0.25) is 11.8 Å². The number of amides is 1. The van der Waals surface area contributed by atoms with Gasteiger partial charge in [-0.2, -0.15) is 4.98 Å². The lowest BCUT2D eigenvalue weighted by Crippen LogP contribution is -2.49. The molecule has 1 N–H and O–H groups in total. The number of hydrogen-bond donors (Lipinski definition) is 1. The fraction of sp³-hybridized carbons (Fsp3) is 0.625. The van der Waals surface area contributed by atoms with E-state index in [9.17, 15) is 4.79 Å². The Morgan fingerprint density at radius 3 is 2.73 bits per heavy atom. The van der Waals surface area contributed by atoms with E-state index in [0.29, 0.717) is 17.8 Å². The molecule has 1 fully saturated rings. The molecule has 0 unspecified atom stereocenters. The highest BCUT2D eigenvalue weighted by atomic mass is 16.5.